The molecule has 2 aliphatic rings. The van der Waals surface area contributed by atoms with Crippen LogP contribution in [0.1, 0.15) is 78.1 Å². The molecule has 0 bridgehead atoms. The molecule has 0 atom stereocenters. The summed E-state index contributed by atoms with van der Waals surface area (Å²) in [6, 6.07) is 1.64. The summed E-state index contributed by atoms with van der Waals surface area (Å²) in [6.45, 7) is 4.00. The van der Waals surface area contributed by atoms with Crippen LogP contribution in [0.3, 0.4) is 0 Å². The number of rotatable bonds is 4. The van der Waals surface area contributed by atoms with Crippen molar-refractivity contribution in [3.63, 3.8) is 0 Å². The third kappa shape index (κ3) is 5.98. The molecule has 0 aromatic heterocycles. The number of hydroxylamine groups is 1. The Kier molecular flexibility index (Phi) is 6.90. The number of hydrogen-bond acceptors (Lipinski definition) is 3. The van der Waals surface area contributed by atoms with Gasteiger partial charge in [-0.1, -0.05) is 44.6 Å². The predicted octanol–water partition coefficient (Wildman–Crippen LogP) is 4.04. The van der Waals surface area contributed by atoms with Crippen LogP contribution in [0.2, 0.25) is 0 Å². The zero-order valence-electron chi connectivity index (χ0n) is 13.7. The van der Waals surface area contributed by atoms with Crippen molar-refractivity contribution >= 4 is 6.02 Å². The first-order valence-electron chi connectivity index (χ1n) is 8.68. The van der Waals surface area contributed by atoms with Crippen molar-refractivity contribution in [2.24, 2.45) is 4.99 Å². The second-order valence-electron chi connectivity index (χ2n) is 6.38. The minimum absolute atomic E-state index is 0.428. The minimum atomic E-state index is 0.428. The number of aliphatic imine (C=N–C) groups is 1. The van der Waals surface area contributed by atoms with Crippen molar-refractivity contribution < 1.29 is 4.84 Å². The highest BCUT2D eigenvalue weighted by molar-refractivity contribution is 5.74. The van der Waals surface area contributed by atoms with Crippen LogP contribution >= 0.6 is 0 Å². The fraction of sp³-hybridized carbons (Fsp3) is 0.824. The van der Waals surface area contributed by atoms with Gasteiger partial charge >= 0.3 is 6.02 Å². The van der Waals surface area contributed by atoms with Crippen molar-refractivity contribution in [3.8, 4) is 0 Å². The van der Waals surface area contributed by atoms with E-state index in [-0.39, 0.29) is 0 Å². The molecule has 4 nitrogen and oxygen atoms in total. The van der Waals surface area contributed by atoms with Gasteiger partial charge in [0, 0.05) is 11.7 Å². The van der Waals surface area contributed by atoms with Gasteiger partial charge in [-0.25, -0.2) is 10.5 Å². The lowest BCUT2D eigenvalue weighted by molar-refractivity contribution is 0.192. The van der Waals surface area contributed by atoms with E-state index in [9.17, 15) is 0 Å². The molecule has 2 N–H and O–H groups in total. The third-order valence-corrected chi connectivity index (χ3v) is 4.55. The molecule has 2 saturated carbocycles. The van der Waals surface area contributed by atoms with Gasteiger partial charge in [0.15, 0.2) is 0 Å². The molecule has 21 heavy (non-hydrogen) atoms. The number of hydrogen-bond donors (Lipinski definition) is 2. The second-order valence-corrected chi connectivity index (χ2v) is 6.38. The molecule has 0 aliphatic heterocycles. The Hall–Kier alpha value is -1.19. The van der Waals surface area contributed by atoms with E-state index in [2.05, 4.69) is 10.8 Å². The van der Waals surface area contributed by atoms with Gasteiger partial charge in [0.2, 0.25) is 0 Å². The van der Waals surface area contributed by atoms with E-state index >= 15 is 0 Å². The van der Waals surface area contributed by atoms with Crippen molar-refractivity contribution in [1.82, 2.24) is 10.8 Å². The van der Waals surface area contributed by atoms with Gasteiger partial charge in [-0.3, -0.25) is 0 Å². The first-order chi connectivity index (χ1) is 10.3. The number of nitrogens with zero attached hydrogens (tertiary/aromatic N) is 1. The standard InChI is InChI=1S/C17H31N3O/c1-3-14(2)20-21-17(18-15-10-6-4-7-11-15)19-16-12-8-5-9-13-16/h3,15-16,20H,4-13H2,1-2H3,(H,18,19). The molecular formula is C17H31N3O. The zero-order valence-corrected chi connectivity index (χ0v) is 13.7. The maximum atomic E-state index is 5.72. The molecule has 0 saturated heterocycles. The minimum Gasteiger partial charge on any atom is -0.343 e. The topological polar surface area (TPSA) is 45.6 Å². The highest BCUT2D eigenvalue weighted by Gasteiger charge is 2.18. The Bertz CT molecular complexity index is 353. The van der Waals surface area contributed by atoms with E-state index in [1.807, 2.05) is 19.9 Å². The Morgan fingerprint density at radius 1 is 1.00 bits per heavy atom. The fourth-order valence-corrected chi connectivity index (χ4v) is 3.08. The number of amidine groups is 1. The van der Waals surface area contributed by atoms with E-state index < -0.39 is 0 Å². The lowest BCUT2D eigenvalue weighted by atomic mass is 9.95. The van der Waals surface area contributed by atoms with Gasteiger partial charge in [-0.05, 0) is 39.5 Å². The lowest BCUT2D eigenvalue weighted by Crippen LogP contribution is -2.40. The summed E-state index contributed by atoms with van der Waals surface area (Å²) >= 11 is 0. The van der Waals surface area contributed by atoms with E-state index in [0.717, 1.165) is 5.70 Å². The number of nitrogens with one attached hydrogen (secondary N) is 2. The third-order valence-electron chi connectivity index (χ3n) is 4.55. The largest absolute Gasteiger partial charge is 0.343 e. The molecule has 0 radical (unpaired) electrons. The first-order valence-corrected chi connectivity index (χ1v) is 8.68. The molecule has 4 heteroatoms. The van der Waals surface area contributed by atoms with Gasteiger partial charge in [0.1, 0.15) is 0 Å². The monoisotopic (exact) mass is 293 g/mol. The Balaban J connectivity index is 1.92. The summed E-state index contributed by atoms with van der Waals surface area (Å²) in [4.78, 5) is 10.6. The van der Waals surface area contributed by atoms with Crippen molar-refractivity contribution in [1.29, 1.82) is 0 Å². The molecule has 0 spiro atoms. The van der Waals surface area contributed by atoms with E-state index in [4.69, 9.17) is 9.83 Å². The van der Waals surface area contributed by atoms with Crippen LogP contribution in [0.4, 0.5) is 0 Å². The molecule has 2 aliphatic carbocycles. The normalized spacial score (nSPS) is 23.0. The summed E-state index contributed by atoms with van der Waals surface area (Å²) in [5, 5.41) is 3.52. The Morgan fingerprint density at radius 3 is 2.24 bits per heavy atom. The van der Waals surface area contributed by atoms with Crippen molar-refractivity contribution in [2.45, 2.75) is 90.1 Å². The van der Waals surface area contributed by atoms with Crippen LogP contribution in [0.25, 0.3) is 0 Å². The summed E-state index contributed by atoms with van der Waals surface area (Å²) in [5.41, 5.74) is 3.99. The molecule has 0 unspecified atom stereocenters. The summed E-state index contributed by atoms with van der Waals surface area (Å²) < 4.78 is 0. The molecule has 2 rings (SSSR count). The van der Waals surface area contributed by atoms with Crippen LogP contribution in [-0.4, -0.2) is 18.1 Å². The average Bonchev–Trinajstić information content (AvgIpc) is 2.54. The van der Waals surface area contributed by atoms with Crippen LogP contribution in [0.5, 0.6) is 0 Å². The summed E-state index contributed by atoms with van der Waals surface area (Å²) in [7, 11) is 0. The van der Waals surface area contributed by atoms with E-state index in [1.165, 1.54) is 64.2 Å². The molecule has 2 fully saturated rings. The quantitative estimate of drug-likeness (QED) is 0.467. The SMILES string of the molecule is CC=C(C)NOC(=NC1CCCCC1)NC1CCCCC1. The predicted molar refractivity (Wildman–Crippen MR) is 88.0 cm³/mol. The second kappa shape index (κ2) is 8.96. The Morgan fingerprint density at radius 2 is 1.62 bits per heavy atom. The molecule has 120 valence electrons. The smallest absolute Gasteiger partial charge is 0.312 e. The Labute approximate surface area is 129 Å². The highest BCUT2D eigenvalue weighted by Crippen LogP contribution is 2.21. The van der Waals surface area contributed by atoms with Gasteiger partial charge in [-0.2, -0.15) is 0 Å². The highest BCUT2D eigenvalue weighted by atomic mass is 16.7. The molecule has 0 aromatic carbocycles. The van der Waals surface area contributed by atoms with Gasteiger partial charge in [0.05, 0.1) is 6.04 Å². The maximum absolute atomic E-state index is 5.72. The van der Waals surface area contributed by atoms with Gasteiger partial charge in [0.25, 0.3) is 0 Å². The number of allylic oxidation sites excluding steroid dienone is 2. The molecular weight excluding hydrogens is 262 g/mol. The maximum Gasteiger partial charge on any atom is 0.312 e. The first kappa shape index (κ1) is 16.2. The van der Waals surface area contributed by atoms with E-state index in [1.54, 1.807) is 0 Å². The van der Waals surface area contributed by atoms with Crippen molar-refractivity contribution in [3.05, 3.63) is 11.8 Å². The van der Waals surface area contributed by atoms with Crippen LogP contribution < -0.4 is 10.8 Å². The molecule has 0 aromatic rings. The summed E-state index contributed by atoms with van der Waals surface area (Å²) in [5.74, 6) is 0. The van der Waals surface area contributed by atoms with Crippen LogP contribution in [0.15, 0.2) is 16.8 Å². The van der Waals surface area contributed by atoms with Gasteiger partial charge in [-0.15, -0.1) is 0 Å². The van der Waals surface area contributed by atoms with Crippen LogP contribution in [0, 0.1) is 0 Å². The van der Waals surface area contributed by atoms with Gasteiger partial charge < -0.3 is 10.2 Å². The molecule has 0 amide bonds. The fourth-order valence-electron chi connectivity index (χ4n) is 3.08. The van der Waals surface area contributed by atoms with E-state index in [0.29, 0.717) is 18.1 Å². The van der Waals surface area contributed by atoms with Crippen LogP contribution in [-0.2, 0) is 4.84 Å². The van der Waals surface area contributed by atoms with Crippen molar-refractivity contribution in [2.75, 3.05) is 0 Å². The lowest BCUT2D eigenvalue weighted by Gasteiger charge is -2.26. The zero-order chi connectivity index (χ0) is 14.9. The summed E-state index contributed by atoms with van der Waals surface area (Å²) in [6.07, 6.45) is 14.8. The average molecular weight is 293 g/mol. The molecule has 0 heterocycles.